The van der Waals surface area contributed by atoms with Crippen molar-refractivity contribution in [3.05, 3.63) is 76.5 Å². The molecule has 174 valence electrons. The van der Waals surface area contributed by atoms with Crippen molar-refractivity contribution >= 4 is 38.9 Å². The van der Waals surface area contributed by atoms with Crippen LogP contribution in [-0.4, -0.2) is 45.3 Å². The van der Waals surface area contributed by atoms with Gasteiger partial charge < -0.3 is 15.0 Å². The maximum absolute atomic E-state index is 13.0. The van der Waals surface area contributed by atoms with Crippen LogP contribution in [0.5, 0.6) is 5.75 Å². The predicted molar refractivity (Wildman–Crippen MR) is 128 cm³/mol. The van der Waals surface area contributed by atoms with Crippen LogP contribution in [0, 0.1) is 0 Å². The minimum atomic E-state index is -3.97. The van der Waals surface area contributed by atoms with Crippen molar-refractivity contribution in [3.8, 4) is 5.75 Å². The number of rotatable bonds is 10. The van der Waals surface area contributed by atoms with Gasteiger partial charge in [-0.1, -0.05) is 24.3 Å². The monoisotopic (exact) mass is 487 g/mol. The largest absolute Gasteiger partial charge is 0.495 e. The van der Waals surface area contributed by atoms with Crippen molar-refractivity contribution in [2.24, 2.45) is 0 Å². The highest BCUT2D eigenvalue weighted by Gasteiger charge is 2.21. The molecule has 0 atom stereocenters. The predicted octanol–water partition coefficient (Wildman–Crippen LogP) is 3.34. The summed E-state index contributed by atoms with van der Waals surface area (Å²) >= 11 is 1.53. The molecule has 2 amide bonds. The Morgan fingerprint density at radius 2 is 1.85 bits per heavy atom. The molecule has 3 rings (SSSR count). The maximum atomic E-state index is 13.0. The third-order valence-electron chi connectivity index (χ3n) is 4.79. The molecule has 0 unspecified atom stereocenters. The standard InChI is InChI=1S/C23H25N3O5S2/c1-3-26(16-22(27)24-15-18-9-7-13-32-18)23(28)17-8-6-10-19(14-17)33(29,30)25-20-11-4-5-12-21(20)31-2/h4-14,25H,3,15-16H2,1-2H3,(H,24,27). The molecule has 33 heavy (non-hydrogen) atoms. The first-order valence-corrected chi connectivity index (χ1v) is 12.5. The molecule has 3 aromatic rings. The van der Waals surface area contributed by atoms with Gasteiger partial charge in [0.1, 0.15) is 5.75 Å². The molecule has 1 aromatic heterocycles. The highest BCUT2D eigenvalue weighted by Crippen LogP contribution is 2.26. The van der Waals surface area contributed by atoms with Crippen molar-refractivity contribution in [3.63, 3.8) is 0 Å². The van der Waals surface area contributed by atoms with Gasteiger partial charge in [-0.3, -0.25) is 14.3 Å². The highest BCUT2D eigenvalue weighted by atomic mass is 32.2. The van der Waals surface area contributed by atoms with E-state index in [1.807, 2.05) is 17.5 Å². The Morgan fingerprint density at radius 3 is 2.55 bits per heavy atom. The van der Waals surface area contributed by atoms with Crippen molar-refractivity contribution in [2.45, 2.75) is 18.4 Å². The van der Waals surface area contributed by atoms with Gasteiger partial charge in [-0.2, -0.15) is 0 Å². The van der Waals surface area contributed by atoms with E-state index < -0.39 is 15.9 Å². The van der Waals surface area contributed by atoms with Crippen LogP contribution in [0.4, 0.5) is 5.69 Å². The first-order valence-electron chi connectivity index (χ1n) is 10.2. The van der Waals surface area contributed by atoms with E-state index in [9.17, 15) is 18.0 Å². The van der Waals surface area contributed by atoms with Gasteiger partial charge in [0, 0.05) is 17.0 Å². The fraction of sp³-hybridized carbons (Fsp3) is 0.217. The molecule has 0 spiro atoms. The molecule has 0 saturated heterocycles. The Kier molecular flexibility index (Phi) is 8.07. The highest BCUT2D eigenvalue weighted by molar-refractivity contribution is 7.92. The molecule has 0 saturated carbocycles. The second kappa shape index (κ2) is 11.0. The van der Waals surface area contributed by atoms with Crippen LogP contribution in [0.2, 0.25) is 0 Å². The summed E-state index contributed by atoms with van der Waals surface area (Å²) in [5.41, 5.74) is 0.458. The molecule has 8 nitrogen and oxygen atoms in total. The molecule has 0 bridgehead atoms. The molecule has 1 heterocycles. The van der Waals surface area contributed by atoms with Crippen molar-refractivity contribution < 1.29 is 22.7 Å². The number of carbonyl (C=O) groups excluding carboxylic acids is 2. The lowest BCUT2D eigenvalue weighted by Gasteiger charge is -2.21. The Morgan fingerprint density at radius 1 is 1.06 bits per heavy atom. The van der Waals surface area contributed by atoms with E-state index in [1.165, 1.54) is 47.6 Å². The summed E-state index contributed by atoms with van der Waals surface area (Å²) < 4.78 is 33.5. The van der Waals surface area contributed by atoms with Crippen LogP contribution in [0.15, 0.2) is 70.9 Å². The Balaban J connectivity index is 1.72. The average molecular weight is 488 g/mol. The van der Waals surface area contributed by atoms with Crippen molar-refractivity contribution in [1.29, 1.82) is 0 Å². The summed E-state index contributed by atoms with van der Waals surface area (Å²) in [7, 11) is -2.52. The zero-order valence-electron chi connectivity index (χ0n) is 18.3. The summed E-state index contributed by atoms with van der Waals surface area (Å²) in [6, 6.07) is 16.2. The smallest absolute Gasteiger partial charge is 0.262 e. The fourth-order valence-electron chi connectivity index (χ4n) is 3.07. The fourth-order valence-corrected chi connectivity index (χ4v) is 4.83. The number of nitrogens with one attached hydrogen (secondary N) is 2. The van der Waals surface area contributed by atoms with Crippen LogP contribution in [-0.2, 0) is 21.4 Å². The second-order valence-corrected chi connectivity index (χ2v) is 9.72. The van der Waals surface area contributed by atoms with Gasteiger partial charge in [0.05, 0.1) is 30.8 Å². The Labute approximate surface area is 197 Å². The number of methoxy groups -OCH3 is 1. The van der Waals surface area contributed by atoms with E-state index in [0.717, 1.165) is 4.88 Å². The van der Waals surface area contributed by atoms with E-state index in [0.29, 0.717) is 18.8 Å². The second-order valence-electron chi connectivity index (χ2n) is 7.01. The number of hydrogen-bond acceptors (Lipinski definition) is 6. The van der Waals surface area contributed by atoms with Gasteiger partial charge in [0.25, 0.3) is 15.9 Å². The maximum Gasteiger partial charge on any atom is 0.262 e. The number of hydrogen-bond donors (Lipinski definition) is 2. The molecular formula is C23H25N3O5S2. The minimum Gasteiger partial charge on any atom is -0.495 e. The summed E-state index contributed by atoms with van der Waals surface area (Å²) in [5, 5.41) is 4.71. The number of ether oxygens (including phenoxy) is 1. The van der Waals surface area contributed by atoms with E-state index in [4.69, 9.17) is 4.74 Å². The quantitative estimate of drug-likeness (QED) is 0.456. The molecular weight excluding hydrogens is 462 g/mol. The minimum absolute atomic E-state index is 0.0718. The van der Waals surface area contributed by atoms with Crippen LogP contribution in [0.3, 0.4) is 0 Å². The van der Waals surface area contributed by atoms with Gasteiger partial charge in [0.2, 0.25) is 5.91 Å². The number of amides is 2. The number of carbonyl (C=O) groups is 2. The van der Waals surface area contributed by atoms with Crippen LogP contribution < -0.4 is 14.8 Å². The SMILES string of the molecule is CCN(CC(=O)NCc1cccs1)C(=O)c1cccc(S(=O)(=O)Nc2ccccc2OC)c1. The normalized spacial score (nSPS) is 11.0. The summed E-state index contributed by atoms with van der Waals surface area (Å²) in [6.07, 6.45) is 0. The van der Waals surface area contributed by atoms with Crippen LogP contribution in [0.1, 0.15) is 22.2 Å². The van der Waals surface area contributed by atoms with Crippen molar-refractivity contribution in [2.75, 3.05) is 24.9 Å². The number of thiophene rings is 1. The molecule has 0 radical (unpaired) electrons. The molecule has 10 heteroatoms. The van der Waals surface area contributed by atoms with E-state index >= 15 is 0 Å². The molecule has 0 fully saturated rings. The van der Waals surface area contributed by atoms with Gasteiger partial charge >= 0.3 is 0 Å². The molecule has 0 aliphatic carbocycles. The number of nitrogens with zero attached hydrogens (tertiary/aromatic N) is 1. The van der Waals surface area contributed by atoms with Gasteiger partial charge in [-0.15, -0.1) is 11.3 Å². The summed E-state index contributed by atoms with van der Waals surface area (Å²) in [4.78, 5) is 27.6. The summed E-state index contributed by atoms with van der Waals surface area (Å²) in [6.45, 7) is 2.32. The number of benzene rings is 2. The number of para-hydroxylation sites is 2. The number of likely N-dealkylation sites (N-methyl/N-ethyl adjacent to an activating group) is 1. The Hall–Kier alpha value is -3.37. The lowest BCUT2D eigenvalue weighted by atomic mass is 10.2. The van der Waals surface area contributed by atoms with Gasteiger partial charge in [-0.05, 0) is 48.7 Å². The van der Waals surface area contributed by atoms with Gasteiger partial charge in [-0.25, -0.2) is 8.42 Å². The summed E-state index contributed by atoms with van der Waals surface area (Å²) in [5.74, 6) is -0.350. The van der Waals surface area contributed by atoms with Gasteiger partial charge in [0.15, 0.2) is 0 Å². The lowest BCUT2D eigenvalue weighted by molar-refractivity contribution is -0.121. The zero-order valence-corrected chi connectivity index (χ0v) is 19.9. The number of sulfonamides is 1. The number of anilines is 1. The van der Waals surface area contributed by atoms with E-state index in [1.54, 1.807) is 31.2 Å². The van der Waals surface area contributed by atoms with Crippen LogP contribution in [0.25, 0.3) is 0 Å². The molecule has 0 aliphatic heterocycles. The van der Waals surface area contributed by atoms with Crippen molar-refractivity contribution in [1.82, 2.24) is 10.2 Å². The molecule has 0 aliphatic rings. The third kappa shape index (κ3) is 6.33. The zero-order chi connectivity index (χ0) is 23.8. The van der Waals surface area contributed by atoms with E-state index in [2.05, 4.69) is 10.0 Å². The first-order chi connectivity index (χ1) is 15.8. The lowest BCUT2D eigenvalue weighted by Crippen LogP contribution is -2.40. The van der Waals surface area contributed by atoms with E-state index in [-0.39, 0.29) is 28.6 Å². The molecule has 2 aromatic carbocycles. The molecule has 2 N–H and O–H groups in total. The first kappa shape index (κ1) is 24.3. The topological polar surface area (TPSA) is 105 Å². The Bertz CT molecular complexity index is 1210. The average Bonchev–Trinajstić information content (AvgIpc) is 3.35. The van der Waals surface area contributed by atoms with Crippen LogP contribution >= 0.6 is 11.3 Å². The third-order valence-corrected chi connectivity index (χ3v) is 7.03.